The molecule has 4 aromatic rings. The van der Waals surface area contributed by atoms with Crippen molar-refractivity contribution < 1.29 is 4.79 Å². The minimum Gasteiger partial charge on any atom is -0.289 e. The second kappa shape index (κ2) is 7.37. The van der Waals surface area contributed by atoms with Gasteiger partial charge in [-0.15, -0.1) is 0 Å². The van der Waals surface area contributed by atoms with Gasteiger partial charge in [-0.2, -0.15) is 0 Å². The zero-order valence-electron chi connectivity index (χ0n) is 16.0. The summed E-state index contributed by atoms with van der Waals surface area (Å²) >= 11 is 0. The minimum atomic E-state index is 0.0393. The van der Waals surface area contributed by atoms with Crippen LogP contribution in [-0.4, -0.2) is 5.78 Å². The molecule has 0 amide bonds. The van der Waals surface area contributed by atoms with Crippen molar-refractivity contribution in [1.29, 1.82) is 0 Å². The molecule has 0 N–H and O–H groups in total. The molecule has 29 heavy (non-hydrogen) atoms. The normalized spacial score (nSPS) is 14.9. The van der Waals surface area contributed by atoms with Gasteiger partial charge in [-0.3, -0.25) is 4.79 Å². The molecule has 0 aromatic heterocycles. The average Bonchev–Trinajstić information content (AvgIpc) is 3.19. The van der Waals surface area contributed by atoms with Crippen LogP contribution in [-0.2, 0) is 0 Å². The van der Waals surface area contributed by atoms with Gasteiger partial charge in [0, 0.05) is 17.0 Å². The Kier molecular flexibility index (Phi) is 4.42. The van der Waals surface area contributed by atoms with Crippen molar-refractivity contribution in [3.8, 4) is 0 Å². The number of ketones is 1. The van der Waals surface area contributed by atoms with Crippen molar-refractivity contribution in [2.75, 3.05) is 0 Å². The highest BCUT2D eigenvalue weighted by molar-refractivity contribution is 6.11. The van der Waals surface area contributed by atoms with E-state index in [2.05, 4.69) is 60.7 Å². The summed E-state index contributed by atoms with van der Waals surface area (Å²) in [4.78, 5) is 13.4. The van der Waals surface area contributed by atoms with Gasteiger partial charge < -0.3 is 0 Å². The highest BCUT2D eigenvalue weighted by atomic mass is 16.1. The van der Waals surface area contributed by atoms with E-state index < -0.39 is 0 Å². The molecule has 0 saturated heterocycles. The third kappa shape index (κ3) is 3.11. The fraction of sp³-hybridized carbons (Fsp3) is 0.0357. The Bertz CT molecular complexity index is 1200. The molecular weight excluding hydrogens is 352 g/mol. The van der Waals surface area contributed by atoms with Crippen molar-refractivity contribution in [1.82, 2.24) is 0 Å². The summed E-state index contributed by atoms with van der Waals surface area (Å²) in [6.07, 6.45) is 2.26. The van der Waals surface area contributed by atoms with Crippen molar-refractivity contribution >= 4 is 17.4 Å². The molecule has 0 radical (unpaired) electrons. The van der Waals surface area contributed by atoms with Crippen LogP contribution in [0.25, 0.3) is 11.6 Å². The first-order valence-corrected chi connectivity index (χ1v) is 9.87. The van der Waals surface area contributed by atoms with Crippen LogP contribution in [0, 0.1) is 0 Å². The Labute approximate surface area is 171 Å². The molecule has 1 heteroatoms. The first kappa shape index (κ1) is 17.4. The molecule has 1 nitrogen and oxygen atoms in total. The molecule has 5 rings (SSSR count). The predicted molar refractivity (Wildman–Crippen MR) is 119 cm³/mol. The van der Waals surface area contributed by atoms with Crippen LogP contribution >= 0.6 is 0 Å². The molecule has 0 fully saturated rings. The Morgan fingerprint density at radius 3 is 1.93 bits per heavy atom. The Balaban J connectivity index is 1.69. The van der Waals surface area contributed by atoms with Crippen molar-refractivity contribution in [3.05, 3.63) is 143 Å². The molecule has 0 heterocycles. The van der Waals surface area contributed by atoms with E-state index in [9.17, 15) is 4.79 Å². The van der Waals surface area contributed by atoms with Gasteiger partial charge in [0.15, 0.2) is 5.78 Å². The molecule has 0 spiro atoms. The van der Waals surface area contributed by atoms with Crippen molar-refractivity contribution in [3.63, 3.8) is 0 Å². The van der Waals surface area contributed by atoms with Gasteiger partial charge in [-0.05, 0) is 33.9 Å². The maximum atomic E-state index is 13.4. The molecule has 1 aliphatic carbocycles. The summed E-state index contributed by atoms with van der Waals surface area (Å²) in [6, 6.07) is 36.5. The molecule has 0 saturated carbocycles. The maximum Gasteiger partial charge on any atom is 0.193 e. The summed E-state index contributed by atoms with van der Waals surface area (Å²) < 4.78 is 0. The standard InChI is InChI=1S/C28H20O/c29-28(21-13-5-2-6-14-21)25-18-10-9-17-24(25)27-23-16-8-7-15-22(23)19-26(27)20-11-3-1-4-12-20/h1-19,27H. The highest BCUT2D eigenvalue weighted by Crippen LogP contribution is 2.46. The Morgan fingerprint density at radius 1 is 0.586 bits per heavy atom. The highest BCUT2D eigenvalue weighted by Gasteiger charge is 2.30. The molecular formula is C28H20O. The minimum absolute atomic E-state index is 0.0393. The maximum absolute atomic E-state index is 13.4. The molecule has 1 unspecified atom stereocenters. The Morgan fingerprint density at radius 2 is 1.17 bits per heavy atom. The van der Waals surface area contributed by atoms with Crippen LogP contribution in [0.15, 0.2) is 109 Å². The number of hydrogen-bond acceptors (Lipinski definition) is 1. The van der Waals surface area contributed by atoms with Crippen LogP contribution in [0.4, 0.5) is 0 Å². The van der Waals surface area contributed by atoms with Crippen LogP contribution < -0.4 is 0 Å². The van der Waals surface area contributed by atoms with Gasteiger partial charge in [-0.1, -0.05) is 109 Å². The lowest BCUT2D eigenvalue weighted by atomic mass is 9.81. The van der Waals surface area contributed by atoms with Crippen LogP contribution in [0.1, 0.15) is 44.1 Å². The van der Waals surface area contributed by atoms with Gasteiger partial charge in [0.25, 0.3) is 0 Å². The summed E-state index contributed by atoms with van der Waals surface area (Å²) in [7, 11) is 0. The lowest BCUT2D eigenvalue weighted by Crippen LogP contribution is -2.10. The van der Waals surface area contributed by atoms with Crippen LogP contribution in [0.3, 0.4) is 0 Å². The van der Waals surface area contributed by atoms with E-state index in [1.165, 1.54) is 22.3 Å². The van der Waals surface area contributed by atoms with Crippen LogP contribution in [0.5, 0.6) is 0 Å². The van der Waals surface area contributed by atoms with E-state index in [0.717, 1.165) is 16.7 Å². The van der Waals surface area contributed by atoms with Gasteiger partial charge in [0.1, 0.15) is 0 Å². The molecule has 1 aliphatic rings. The topological polar surface area (TPSA) is 17.1 Å². The van der Waals surface area contributed by atoms with E-state index in [0.29, 0.717) is 0 Å². The fourth-order valence-corrected chi connectivity index (χ4v) is 4.24. The third-order valence-electron chi connectivity index (χ3n) is 5.59. The zero-order valence-corrected chi connectivity index (χ0v) is 16.0. The SMILES string of the molecule is O=C(c1ccccc1)c1ccccc1C1C(c2ccccc2)=Cc2ccccc21. The number of allylic oxidation sites excluding steroid dienone is 1. The summed E-state index contributed by atoms with van der Waals surface area (Å²) in [5, 5.41) is 0. The van der Waals surface area contributed by atoms with E-state index >= 15 is 0 Å². The quantitative estimate of drug-likeness (QED) is 0.369. The number of benzene rings is 4. The molecule has 4 aromatic carbocycles. The number of fused-ring (bicyclic) bond motifs is 1. The Hall–Kier alpha value is -3.71. The molecule has 1 atom stereocenters. The summed E-state index contributed by atoms with van der Waals surface area (Å²) in [6.45, 7) is 0. The number of hydrogen-bond donors (Lipinski definition) is 0. The predicted octanol–water partition coefficient (Wildman–Crippen LogP) is 6.60. The summed E-state index contributed by atoms with van der Waals surface area (Å²) in [5.74, 6) is 0.107. The first-order valence-electron chi connectivity index (χ1n) is 9.87. The molecule has 0 bridgehead atoms. The average molecular weight is 372 g/mol. The van der Waals surface area contributed by atoms with E-state index in [4.69, 9.17) is 0 Å². The first-order chi connectivity index (χ1) is 14.3. The largest absolute Gasteiger partial charge is 0.289 e. The summed E-state index contributed by atoms with van der Waals surface area (Å²) in [5.41, 5.74) is 7.44. The fourth-order valence-electron chi connectivity index (χ4n) is 4.24. The van der Waals surface area contributed by atoms with Gasteiger partial charge in [0.05, 0.1) is 0 Å². The van der Waals surface area contributed by atoms with Gasteiger partial charge in [0.2, 0.25) is 0 Å². The number of rotatable bonds is 4. The van der Waals surface area contributed by atoms with Crippen LogP contribution in [0.2, 0.25) is 0 Å². The number of carbonyl (C=O) groups excluding carboxylic acids is 1. The smallest absolute Gasteiger partial charge is 0.193 e. The van der Waals surface area contributed by atoms with Gasteiger partial charge in [-0.25, -0.2) is 0 Å². The third-order valence-corrected chi connectivity index (χ3v) is 5.59. The van der Waals surface area contributed by atoms with Crippen molar-refractivity contribution in [2.24, 2.45) is 0 Å². The van der Waals surface area contributed by atoms with E-state index in [1.54, 1.807) is 0 Å². The van der Waals surface area contributed by atoms with E-state index in [-0.39, 0.29) is 11.7 Å². The van der Waals surface area contributed by atoms with Gasteiger partial charge >= 0.3 is 0 Å². The molecule has 0 aliphatic heterocycles. The zero-order chi connectivity index (χ0) is 19.6. The lowest BCUT2D eigenvalue weighted by Gasteiger charge is -2.21. The monoisotopic (exact) mass is 372 g/mol. The molecule has 138 valence electrons. The number of carbonyl (C=O) groups is 1. The lowest BCUT2D eigenvalue weighted by molar-refractivity contribution is 0.103. The van der Waals surface area contributed by atoms with Crippen molar-refractivity contribution in [2.45, 2.75) is 5.92 Å². The second-order valence-corrected chi connectivity index (χ2v) is 7.31. The second-order valence-electron chi connectivity index (χ2n) is 7.31. The van der Waals surface area contributed by atoms with E-state index in [1.807, 2.05) is 54.6 Å².